The third-order valence-corrected chi connectivity index (χ3v) is 3.94. The Balaban J connectivity index is -0.00000128. The van der Waals surface area contributed by atoms with Gasteiger partial charge >= 0.3 is 27.3 Å². The molecule has 0 heterocycles. The summed E-state index contributed by atoms with van der Waals surface area (Å²) in [6.45, 7) is 15.0. The first-order valence-corrected chi connectivity index (χ1v) is 8.09. The van der Waals surface area contributed by atoms with Crippen LogP contribution in [0.4, 0.5) is 0 Å². The molecule has 0 aliphatic carbocycles. The van der Waals surface area contributed by atoms with Crippen molar-refractivity contribution in [2.24, 2.45) is 0 Å². The number of nitrogens with zero attached hydrogens (tertiary/aromatic N) is 1. The molecule has 0 saturated carbocycles. The molecule has 0 bridgehead atoms. The van der Waals surface area contributed by atoms with Gasteiger partial charge in [0.05, 0.1) is 26.2 Å². The predicted molar refractivity (Wildman–Crippen MR) is 87.9 cm³/mol. The van der Waals surface area contributed by atoms with Crippen molar-refractivity contribution in [2.45, 2.75) is 79.1 Å². The summed E-state index contributed by atoms with van der Waals surface area (Å²) in [4.78, 5) is 0. The first-order chi connectivity index (χ1) is 8.24. The summed E-state index contributed by atoms with van der Waals surface area (Å²) >= 11 is 0. The summed E-state index contributed by atoms with van der Waals surface area (Å²) in [6, 6.07) is 0. The van der Waals surface area contributed by atoms with Gasteiger partial charge in [-0.25, -0.2) is 0 Å². The molecule has 3 heteroatoms. The van der Waals surface area contributed by atoms with Crippen LogP contribution in [0.2, 0.25) is 0 Å². The van der Waals surface area contributed by atoms with Crippen molar-refractivity contribution in [1.29, 1.82) is 0 Å². The van der Waals surface area contributed by atoms with Gasteiger partial charge in [-0.3, -0.25) is 0 Å². The molecule has 0 fully saturated rings. The third kappa shape index (κ3) is 13.0. The zero-order valence-electron chi connectivity index (χ0n) is 14.0. The summed E-state index contributed by atoms with van der Waals surface area (Å²) in [5, 5.41) is 0. The Labute approximate surface area is 160 Å². The predicted octanol–water partition coefficient (Wildman–Crippen LogP) is 1.09. The van der Waals surface area contributed by atoms with E-state index >= 15 is 0 Å². The monoisotopic (exact) mass is 579 g/mol. The minimum absolute atomic E-state index is 0. The Morgan fingerprint density at radius 1 is 0.526 bits per heavy atom. The van der Waals surface area contributed by atoms with Gasteiger partial charge in [0.1, 0.15) is 0 Å². The van der Waals surface area contributed by atoms with Crippen molar-refractivity contribution >= 4 is 27.3 Å². The van der Waals surface area contributed by atoms with Gasteiger partial charge in [0.2, 0.25) is 0 Å². The second-order valence-electron chi connectivity index (χ2n) is 5.65. The molecule has 0 aliphatic rings. The quantitative estimate of drug-likeness (QED) is 0.185. The Morgan fingerprint density at radius 3 is 0.895 bits per heavy atom. The van der Waals surface area contributed by atoms with Crippen LogP contribution >= 0.6 is 0 Å². The Morgan fingerprint density at radius 2 is 0.737 bits per heavy atom. The summed E-state index contributed by atoms with van der Waals surface area (Å²) in [5.74, 6) is 0. The van der Waals surface area contributed by atoms with E-state index in [2.05, 4.69) is 27.7 Å². The molecule has 0 aromatic heterocycles. The standard InChI is InChI=1S/C16H36N.HI.Pb.2H/c1-5-9-13-17(14-10-6-2,15-11-7-3)16-12-8-4;;;;/h5-16H2,1-4H3;1H;;;/q+1;;;;/p-1. The SMILES string of the molecule is CCCC[N+](CCCC)(CCCC)CCCC.[I-].[PbH2]. The van der Waals surface area contributed by atoms with Crippen LogP contribution in [0, 0.1) is 0 Å². The molecule has 1 nitrogen and oxygen atoms in total. The van der Waals surface area contributed by atoms with E-state index in [1.54, 1.807) is 0 Å². The van der Waals surface area contributed by atoms with Crippen LogP contribution in [0.1, 0.15) is 79.1 Å². The number of hydrogen-bond donors (Lipinski definition) is 0. The Hall–Kier alpha value is 1.61. The van der Waals surface area contributed by atoms with E-state index in [0.29, 0.717) is 0 Å². The zero-order valence-corrected chi connectivity index (χ0v) is 21.7. The number of hydrogen-bond acceptors (Lipinski definition) is 0. The van der Waals surface area contributed by atoms with Crippen molar-refractivity contribution in [3.05, 3.63) is 0 Å². The molecule has 0 amide bonds. The molecule has 118 valence electrons. The number of rotatable bonds is 12. The van der Waals surface area contributed by atoms with Crippen LogP contribution in [-0.4, -0.2) is 58.0 Å². The molecule has 2 radical (unpaired) electrons. The fraction of sp³-hybridized carbons (Fsp3) is 1.00. The molecule has 0 aromatic carbocycles. The molecular formula is C16H38INPb. The second-order valence-corrected chi connectivity index (χ2v) is 5.65. The van der Waals surface area contributed by atoms with Gasteiger partial charge in [0.25, 0.3) is 0 Å². The maximum absolute atomic E-state index is 2.33. The molecule has 19 heavy (non-hydrogen) atoms. The van der Waals surface area contributed by atoms with E-state index in [9.17, 15) is 0 Å². The van der Waals surface area contributed by atoms with Gasteiger partial charge in [-0.2, -0.15) is 0 Å². The van der Waals surface area contributed by atoms with Crippen LogP contribution in [0.5, 0.6) is 0 Å². The molecule has 0 atom stereocenters. The normalized spacial score (nSPS) is 10.7. The van der Waals surface area contributed by atoms with E-state index in [1.165, 1.54) is 82.0 Å². The number of halogens is 1. The molecule has 0 spiro atoms. The number of unbranched alkanes of at least 4 members (excludes halogenated alkanes) is 4. The Bertz CT molecular complexity index is 127. The molecule has 0 aromatic rings. The average Bonchev–Trinajstić information content (AvgIpc) is 2.37. The summed E-state index contributed by atoms with van der Waals surface area (Å²) in [5.41, 5.74) is 0. The Kier molecular flexibility index (Phi) is 23.8. The summed E-state index contributed by atoms with van der Waals surface area (Å²) in [6.07, 6.45) is 11.1. The van der Waals surface area contributed by atoms with Gasteiger partial charge < -0.3 is 28.5 Å². The topological polar surface area (TPSA) is 0 Å². The van der Waals surface area contributed by atoms with Crippen LogP contribution in [-0.2, 0) is 0 Å². The van der Waals surface area contributed by atoms with E-state index < -0.39 is 0 Å². The van der Waals surface area contributed by atoms with E-state index in [1.807, 2.05) is 0 Å². The molecule has 0 rings (SSSR count). The van der Waals surface area contributed by atoms with Crippen molar-refractivity contribution in [3.63, 3.8) is 0 Å². The van der Waals surface area contributed by atoms with Crippen molar-refractivity contribution in [2.75, 3.05) is 26.2 Å². The summed E-state index contributed by atoms with van der Waals surface area (Å²) in [7, 11) is 0. The second kappa shape index (κ2) is 17.7. The average molecular weight is 579 g/mol. The third-order valence-electron chi connectivity index (χ3n) is 3.94. The van der Waals surface area contributed by atoms with Gasteiger partial charge in [-0.15, -0.1) is 0 Å². The molecular weight excluding hydrogens is 540 g/mol. The van der Waals surface area contributed by atoms with Crippen molar-refractivity contribution in [1.82, 2.24) is 0 Å². The van der Waals surface area contributed by atoms with Gasteiger partial charge in [0.15, 0.2) is 0 Å². The first kappa shape index (κ1) is 25.6. The van der Waals surface area contributed by atoms with Gasteiger partial charge in [-0.1, -0.05) is 53.4 Å². The van der Waals surface area contributed by atoms with Gasteiger partial charge in [-0.05, 0) is 25.7 Å². The van der Waals surface area contributed by atoms with E-state index in [4.69, 9.17) is 0 Å². The maximum atomic E-state index is 2.33. The fourth-order valence-corrected chi connectivity index (χ4v) is 2.64. The van der Waals surface area contributed by atoms with Crippen molar-refractivity contribution < 1.29 is 28.5 Å². The van der Waals surface area contributed by atoms with Crippen molar-refractivity contribution in [3.8, 4) is 0 Å². The number of quaternary nitrogens is 1. The molecule has 0 unspecified atom stereocenters. The first-order valence-electron chi connectivity index (χ1n) is 8.09. The molecule has 0 saturated heterocycles. The summed E-state index contributed by atoms with van der Waals surface area (Å²) < 4.78 is 1.42. The minimum atomic E-state index is 0. The fourth-order valence-electron chi connectivity index (χ4n) is 2.64. The van der Waals surface area contributed by atoms with Crippen LogP contribution in [0.15, 0.2) is 0 Å². The van der Waals surface area contributed by atoms with Gasteiger partial charge in [0, 0.05) is 0 Å². The molecule has 0 N–H and O–H groups in total. The molecule has 0 aliphatic heterocycles. The van der Waals surface area contributed by atoms with E-state index in [-0.39, 0.29) is 51.3 Å². The zero-order chi connectivity index (χ0) is 13.0. The van der Waals surface area contributed by atoms with Crippen LogP contribution in [0.25, 0.3) is 0 Å². The van der Waals surface area contributed by atoms with Crippen LogP contribution < -0.4 is 24.0 Å². The van der Waals surface area contributed by atoms with E-state index in [0.717, 1.165) is 0 Å². The van der Waals surface area contributed by atoms with Crippen LogP contribution in [0.3, 0.4) is 0 Å².